The molecule has 1 aromatic heterocycles. The number of hydrogen-bond acceptors (Lipinski definition) is 6. The van der Waals surface area contributed by atoms with E-state index >= 15 is 0 Å². The summed E-state index contributed by atoms with van der Waals surface area (Å²) in [5.74, 6) is -1.24. The van der Waals surface area contributed by atoms with Crippen molar-refractivity contribution in [3.63, 3.8) is 0 Å². The molecule has 6 nitrogen and oxygen atoms in total. The van der Waals surface area contributed by atoms with Crippen molar-refractivity contribution in [2.45, 2.75) is 26.6 Å². The van der Waals surface area contributed by atoms with Gasteiger partial charge >= 0.3 is 12.1 Å². The van der Waals surface area contributed by atoms with Gasteiger partial charge < -0.3 is 14.8 Å². The maximum absolute atomic E-state index is 13.2. The molecular weight excluding hydrogens is 373 g/mol. The second-order valence-corrected chi connectivity index (χ2v) is 6.25. The van der Waals surface area contributed by atoms with Gasteiger partial charge in [0, 0.05) is 19.4 Å². The number of nitrogens with one attached hydrogen (secondary N) is 1. The molecular formula is C16H15F3N2O4S. The number of hydrogen-bond donors (Lipinski definition) is 1. The highest BCUT2D eigenvalue weighted by Gasteiger charge is 2.35. The number of carbonyl (C=O) groups is 2. The summed E-state index contributed by atoms with van der Waals surface area (Å²) in [6, 6.07) is 3.51. The van der Waals surface area contributed by atoms with Gasteiger partial charge in [-0.25, -0.2) is 4.98 Å². The average Bonchev–Trinajstić information content (AvgIpc) is 2.93. The van der Waals surface area contributed by atoms with E-state index in [1.807, 2.05) is 0 Å². The SMILES string of the molecule is COc1ccc(-c2nc(NC(C)=O)sc2COC(C)=O)cc1C(F)(F)F. The molecule has 1 amide bonds. The molecule has 0 bridgehead atoms. The maximum Gasteiger partial charge on any atom is 0.419 e. The number of aromatic nitrogens is 1. The molecule has 140 valence electrons. The number of halogens is 3. The molecule has 0 radical (unpaired) electrons. The van der Waals surface area contributed by atoms with Crippen molar-refractivity contribution in [2.24, 2.45) is 0 Å². The van der Waals surface area contributed by atoms with Crippen LogP contribution in [0.1, 0.15) is 24.3 Å². The molecule has 10 heteroatoms. The van der Waals surface area contributed by atoms with Gasteiger partial charge in [-0.15, -0.1) is 0 Å². The third-order valence-electron chi connectivity index (χ3n) is 3.17. The number of methoxy groups -OCH3 is 1. The Bertz CT molecular complexity index is 833. The van der Waals surface area contributed by atoms with Gasteiger partial charge in [0.2, 0.25) is 5.91 Å². The molecule has 2 aromatic rings. The van der Waals surface area contributed by atoms with Crippen LogP contribution in [0, 0.1) is 0 Å². The van der Waals surface area contributed by atoms with Crippen LogP contribution in [-0.2, 0) is 27.1 Å². The molecule has 0 spiro atoms. The van der Waals surface area contributed by atoms with Crippen molar-refractivity contribution in [1.29, 1.82) is 0 Å². The zero-order valence-corrected chi connectivity index (χ0v) is 14.9. The number of esters is 1. The van der Waals surface area contributed by atoms with Crippen molar-refractivity contribution in [1.82, 2.24) is 4.98 Å². The van der Waals surface area contributed by atoms with E-state index < -0.39 is 17.7 Å². The van der Waals surface area contributed by atoms with Crippen LogP contribution in [-0.4, -0.2) is 24.0 Å². The number of amides is 1. The number of ether oxygens (including phenoxy) is 2. The zero-order valence-electron chi connectivity index (χ0n) is 14.1. The fourth-order valence-corrected chi connectivity index (χ4v) is 3.07. The standard InChI is InChI=1S/C16H15F3N2O4S/c1-8(22)20-15-21-14(13(26-15)7-25-9(2)23)10-4-5-12(24-3)11(6-10)16(17,18)19/h4-6H,7H2,1-3H3,(H,20,21,22). The van der Waals surface area contributed by atoms with E-state index in [0.717, 1.165) is 24.5 Å². The largest absolute Gasteiger partial charge is 0.496 e. The van der Waals surface area contributed by atoms with Gasteiger partial charge in [0.1, 0.15) is 12.4 Å². The first kappa shape index (κ1) is 19.7. The lowest BCUT2D eigenvalue weighted by atomic mass is 10.1. The number of rotatable bonds is 5. The second-order valence-electron chi connectivity index (χ2n) is 5.17. The fourth-order valence-electron chi connectivity index (χ4n) is 2.12. The smallest absolute Gasteiger partial charge is 0.419 e. The van der Waals surface area contributed by atoms with Crippen molar-refractivity contribution in [3.05, 3.63) is 28.6 Å². The van der Waals surface area contributed by atoms with E-state index in [4.69, 9.17) is 9.47 Å². The summed E-state index contributed by atoms with van der Waals surface area (Å²) < 4.78 is 49.4. The molecule has 0 saturated carbocycles. The summed E-state index contributed by atoms with van der Waals surface area (Å²) in [7, 11) is 1.15. The van der Waals surface area contributed by atoms with Gasteiger partial charge in [-0.3, -0.25) is 9.59 Å². The lowest BCUT2D eigenvalue weighted by molar-refractivity contribution is -0.142. The second kappa shape index (κ2) is 7.73. The van der Waals surface area contributed by atoms with E-state index in [0.29, 0.717) is 4.88 Å². The first-order valence-corrected chi connectivity index (χ1v) is 8.09. The lowest BCUT2D eigenvalue weighted by Crippen LogP contribution is -2.08. The number of benzene rings is 1. The summed E-state index contributed by atoms with van der Waals surface area (Å²) in [5, 5.41) is 2.67. The minimum atomic E-state index is -4.62. The number of anilines is 1. The van der Waals surface area contributed by atoms with Crippen LogP contribution in [0.5, 0.6) is 5.75 Å². The molecule has 0 aliphatic carbocycles. The molecule has 1 aromatic carbocycles. The van der Waals surface area contributed by atoms with E-state index in [2.05, 4.69) is 10.3 Å². The Morgan fingerprint density at radius 3 is 2.50 bits per heavy atom. The van der Waals surface area contributed by atoms with Gasteiger partial charge in [0.15, 0.2) is 5.13 Å². The molecule has 1 heterocycles. The van der Waals surface area contributed by atoms with E-state index in [9.17, 15) is 22.8 Å². The lowest BCUT2D eigenvalue weighted by Gasteiger charge is -2.13. The first-order valence-electron chi connectivity index (χ1n) is 7.28. The Hall–Kier alpha value is -2.62. The molecule has 0 unspecified atom stereocenters. The van der Waals surface area contributed by atoms with Crippen LogP contribution < -0.4 is 10.1 Å². The van der Waals surface area contributed by atoms with Crippen LogP contribution in [0.2, 0.25) is 0 Å². The average molecular weight is 388 g/mol. The first-order chi connectivity index (χ1) is 12.1. The third-order valence-corrected chi connectivity index (χ3v) is 4.11. The molecule has 1 N–H and O–H groups in total. The predicted molar refractivity (Wildman–Crippen MR) is 88.9 cm³/mol. The van der Waals surface area contributed by atoms with Crippen molar-refractivity contribution >= 4 is 28.3 Å². The highest BCUT2D eigenvalue weighted by atomic mass is 32.1. The molecule has 2 rings (SSSR count). The molecule has 0 aliphatic heterocycles. The van der Waals surface area contributed by atoms with E-state index in [1.54, 1.807) is 0 Å². The summed E-state index contributed by atoms with van der Waals surface area (Å²) in [6.07, 6.45) is -4.62. The predicted octanol–water partition coefficient (Wildman–Crippen LogP) is 3.86. The van der Waals surface area contributed by atoms with Crippen LogP contribution in [0.3, 0.4) is 0 Å². The number of thiazole rings is 1. The summed E-state index contributed by atoms with van der Waals surface area (Å²) in [6.45, 7) is 2.32. The molecule has 0 saturated heterocycles. The maximum atomic E-state index is 13.2. The fraction of sp³-hybridized carbons (Fsp3) is 0.312. The van der Waals surface area contributed by atoms with Gasteiger partial charge in [0.05, 0.1) is 23.2 Å². The normalized spacial score (nSPS) is 11.2. The Kier molecular flexibility index (Phi) is 5.86. The highest BCUT2D eigenvalue weighted by Crippen LogP contribution is 2.40. The van der Waals surface area contributed by atoms with Gasteiger partial charge in [0.25, 0.3) is 0 Å². The van der Waals surface area contributed by atoms with Crippen LogP contribution >= 0.6 is 11.3 Å². The Morgan fingerprint density at radius 2 is 1.96 bits per heavy atom. The number of alkyl halides is 3. The topological polar surface area (TPSA) is 77.5 Å². The Balaban J connectivity index is 2.53. The summed E-state index contributed by atoms with van der Waals surface area (Å²) in [5.41, 5.74) is -0.605. The monoisotopic (exact) mass is 388 g/mol. The summed E-state index contributed by atoms with van der Waals surface area (Å²) >= 11 is 1.02. The minimum absolute atomic E-state index is 0.160. The van der Waals surface area contributed by atoms with Crippen molar-refractivity contribution < 1.29 is 32.2 Å². The van der Waals surface area contributed by atoms with Crippen LogP contribution in [0.4, 0.5) is 18.3 Å². The quantitative estimate of drug-likeness (QED) is 0.787. The highest BCUT2D eigenvalue weighted by molar-refractivity contribution is 7.16. The van der Waals surface area contributed by atoms with Crippen molar-refractivity contribution in [2.75, 3.05) is 12.4 Å². The Morgan fingerprint density at radius 1 is 1.27 bits per heavy atom. The number of nitrogens with zero attached hydrogens (tertiary/aromatic N) is 1. The molecule has 0 aliphatic rings. The van der Waals surface area contributed by atoms with Crippen LogP contribution in [0.15, 0.2) is 18.2 Å². The minimum Gasteiger partial charge on any atom is -0.496 e. The Labute approximate surface area is 150 Å². The third kappa shape index (κ3) is 4.72. The van der Waals surface area contributed by atoms with Crippen molar-refractivity contribution in [3.8, 4) is 17.0 Å². The van der Waals surface area contributed by atoms with Gasteiger partial charge in [-0.1, -0.05) is 11.3 Å². The van der Waals surface area contributed by atoms with Gasteiger partial charge in [-0.05, 0) is 18.2 Å². The van der Waals surface area contributed by atoms with E-state index in [1.165, 1.54) is 26.0 Å². The van der Waals surface area contributed by atoms with Crippen LogP contribution in [0.25, 0.3) is 11.3 Å². The molecule has 0 atom stereocenters. The van der Waals surface area contributed by atoms with Gasteiger partial charge in [-0.2, -0.15) is 13.2 Å². The number of carbonyl (C=O) groups excluding carboxylic acids is 2. The molecule has 0 fully saturated rings. The zero-order chi connectivity index (χ0) is 19.5. The summed E-state index contributed by atoms with van der Waals surface area (Å²) in [4.78, 5) is 26.8. The molecule has 26 heavy (non-hydrogen) atoms. The van der Waals surface area contributed by atoms with E-state index in [-0.39, 0.29) is 34.7 Å².